The zero-order chi connectivity index (χ0) is 19.0. The number of carbonyl (C=O) groups excluding carboxylic acids is 1. The van der Waals surface area contributed by atoms with Gasteiger partial charge < -0.3 is 19.5 Å². The van der Waals surface area contributed by atoms with Crippen LogP contribution in [0, 0.1) is 10.1 Å². The van der Waals surface area contributed by atoms with Gasteiger partial charge in [0.05, 0.1) is 23.2 Å². The number of nitro benzene ring substituents is 1. The SMILES string of the molecule is COC(C)c1cc(CNC(=O)CCCOP(C)(=O)O)ccc1[N+](=O)[O-]. The minimum Gasteiger partial charge on any atom is -0.377 e. The van der Waals surface area contributed by atoms with Gasteiger partial charge in [0.2, 0.25) is 5.91 Å². The molecule has 1 rings (SSSR count). The molecule has 25 heavy (non-hydrogen) atoms. The fourth-order valence-electron chi connectivity index (χ4n) is 2.09. The van der Waals surface area contributed by atoms with Gasteiger partial charge in [0.25, 0.3) is 5.69 Å². The number of nitrogens with one attached hydrogen (secondary N) is 1. The second-order valence-corrected chi connectivity index (χ2v) is 7.41. The van der Waals surface area contributed by atoms with Gasteiger partial charge in [-0.15, -0.1) is 0 Å². The lowest BCUT2D eigenvalue weighted by molar-refractivity contribution is -0.386. The fourth-order valence-corrected chi connectivity index (χ4v) is 2.56. The van der Waals surface area contributed by atoms with Gasteiger partial charge in [-0.2, -0.15) is 0 Å². The summed E-state index contributed by atoms with van der Waals surface area (Å²) in [6.07, 6.45) is 0.0153. The molecular formula is C15H23N2O7P. The maximum Gasteiger partial charge on any atom is 0.325 e. The lowest BCUT2D eigenvalue weighted by Gasteiger charge is -2.12. The molecule has 0 aliphatic rings. The van der Waals surface area contributed by atoms with Crippen molar-refractivity contribution >= 4 is 19.2 Å². The van der Waals surface area contributed by atoms with Crippen LogP contribution in [0.1, 0.15) is 37.0 Å². The van der Waals surface area contributed by atoms with E-state index in [2.05, 4.69) is 9.84 Å². The molecule has 1 aromatic carbocycles. The minimum atomic E-state index is -3.52. The van der Waals surface area contributed by atoms with E-state index in [9.17, 15) is 19.5 Å². The number of nitro groups is 1. The average molecular weight is 374 g/mol. The molecule has 0 aliphatic carbocycles. The summed E-state index contributed by atoms with van der Waals surface area (Å²) in [6, 6.07) is 4.60. The molecule has 0 bridgehead atoms. The first-order chi connectivity index (χ1) is 11.6. The number of nitrogens with zero attached hydrogens (tertiary/aromatic N) is 1. The van der Waals surface area contributed by atoms with Gasteiger partial charge in [-0.3, -0.25) is 19.5 Å². The van der Waals surface area contributed by atoms with E-state index >= 15 is 0 Å². The van der Waals surface area contributed by atoms with Crippen LogP contribution in [-0.4, -0.2) is 36.1 Å². The molecule has 9 nitrogen and oxygen atoms in total. The van der Waals surface area contributed by atoms with Crippen molar-refractivity contribution in [2.75, 3.05) is 20.4 Å². The van der Waals surface area contributed by atoms with Crippen LogP contribution >= 0.6 is 7.60 Å². The maximum absolute atomic E-state index is 11.8. The number of hydrogen-bond donors (Lipinski definition) is 2. The Bertz CT molecular complexity index is 659. The number of hydrogen-bond acceptors (Lipinski definition) is 6. The molecule has 0 radical (unpaired) electrons. The van der Waals surface area contributed by atoms with Crippen LogP contribution < -0.4 is 5.32 Å². The molecule has 0 heterocycles. The predicted molar refractivity (Wildman–Crippen MR) is 91.3 cm³/mol. The van der Waals surface area contributed by atoms with Crippen molar-refractivity contribution < 1.29 is 28.4 Å². The summed E-state index contributed by atoms with van der Waals surface area (Å²) in [7, 11) is -2.05. The third kappa shape index (κ3) is 7.74. The van der Waals surface area contributed by atoms with E-state index in [1.54, 1.807) is 19.1 Å². The summed E-state index contributed by atoms with van der Waals surface area (Å²) in [5, 5.41) is 13.8. The van der Waals surface area contributed by atoms with Crippen LogP contribution in [0.15, 0.2) is 18.2 Å². The van der Waals surface area contributed by atoms with Gasteiger partial charge in [-0.05, 0) is 25.0 Å². The molecular weight excluding hydrogens is 351 g/mol. The molecule has 10 heteroatoms. The third-order valence-electron chi connectivity index (χ3n) is 3.45. The Morgan fingerprint density at radius 1 is 1.48 bits per heavy atom. The molecule has 140 valence electrons. The van der Waals surface area contributed by atoms with Crippen molar-refractivity contribution in [3.8, 4) is 0 Å². The maximum atomic E-state index is 11.8. The highest BCUT2D eigenvalue weighted by Gasteiger charge is 2.19. The number of benzene rings is 1. The normalized spacial score (nSPS) is 14.6. The molecule has 0 saturated carbocycles. The molecule has 0 saturated heterocycles. The number of methoxy groups -OCH3 is 1. The summed E-state index contributed by atoms with van der Waals surface area (Å²) in [5.74, 6) is -0.243. The quantitative estimate of drug-likeness (QED) is 0.279. The first-order valence-electron chi connectivity index (χ1n) is 7.65. The minimum absolute atomic E-state index is 0.0186. The van der Waals surface area contributed by atoms with Crippen LogP contribution in [0.5, 0.6) is 0 Å². The van der Waals surface area contributed by atoms with Crippen LogP contribution in [-0.2, 0) is 25.2 Å². The topological polar surface area (TPSA) is 128 Å². The summed E-state index contributed by atoms with van der Waals surface area (Å²) in [6.45, 7) is 3.02. The Balaban J connectivity index is 2.58. The van der Waals surface area contributed by atoms with Gasteiger partial charge in [0.1, 0.15) is 0 Å². The Morgan fingerprint density at radius 3 is 2.72 bits per heavy atom. The van der Waals surface area contributed by atoms with E-state index in [0.717, 1.165) is 6.66 Å². The molecule has 1 amide bonds. The van der Waals surface area contributed by atoms with E-state index in [-0.39, 0.29) is 31.2 Å². The second-order valence-electron chi connectivity index (χ2n) is 5.54. The van der Waals surface area contributed by atoms with Crippen molar-refractivity contribution in [2.24, 2.45) is 0 Å². The van der Waals surface area contributed by atoms with Crippen molar-refractivity contribution in [1.82, 2.24) is 5.32 Å². The Labute approximate surface area is 146 Å². The number of amides is 1. The number of rotatable bonds is 10. The van der Waals surface area contributed by atoms with Crippen LogP contribution in [0.2, 0.25) is 0 Å². The summed E-state index contributed by atoms with van der Waals surface area (Å²) < 4.78 is 20.8. The van der Waals surface area contributed by atoms with Gasteiger partial charge in [-0.25, -0.2) is 0 Å². The highest BCUT2D eigenvalue weighted by Crippen LogP contribution is 2.36. The van der Waals surface area contributed by atoms with Gasteiger partial charge in [0.15, 0.2) is 0 Å². The smallest absolute Gasteiger partial charge is 0.325 e. The summed E-state index contributed by atoms with van der Waals surface area (Å²) >= 11 is 0. The fraction of sp³-hybridized carbons (Fsp3) is 0.533. The van der Waals surface area contributed by atoms with E-state index in [4.69, 9.17) is 9.63 Å². The zero-order valence-corrected chi connectivity index (χ0v) is 15.3. The van der Waals surface area contributed by atoms with Gasteiger partial charge >= 0.3 is 7.60 Å². The van der Waals surface area contributed by atoms with E-state index in [0.29, 0.717) is 17.5 Å². The molecule has 1 aromatic rings. The molecule has 2 atom stereocenters. The molecule has 2 N–H and O–H groups in total. The highest BCUT2D eigenvalue weighted by atomic mass is 31.2. The number of carbonyl (C=O) groups is 1. The predicted octanol–water partition coefficient (Wildman–Crippen LogP) is 2.53. The average Bonchev–Trinajstić information content (AvgIpc) is 2.54. The molecule has 0 fully saturated rings. The van der Waals surface area contributed by atoms with Crippen LogP contribution in [0.3, 0.4) is 0 Å². The van der Waals surface area contributed by atoms with E-state index < -0.39 is 18.6 Å². The first-order valence-corrected chi connectivity index (χ1v) is 9.68. The summed E-state index contributed by atoms with van der Waals surface area (Å²) in [4.78, 5) is 31.3. The molecule has 2 unspecified atom stereocenters. The lowest BCUT2D eigenvalue weighted by atomic mass is 10.0. The van der Waals surface area contributed by atoms with Crippen molar-refractivity contribution in [3.63, 3.8) is 0 Å². The van der Waals surface area contributed by atoms with Crippen molar-refractivity contribution in [2.45, 2.75) is 32.4 Å². The Kier molecular flexibility index (Phi) is 8.18. The van der Waals surface area contributed by atoms with Crippen molar-refractivity contribution in [3.05, 3.63) is 39.4 Å². The molecule has 0 spiro atoms. The number of ether oxygens (including phenoxy) is 1. The van der Waals surface area contributed by atoms with Crippen LogP contribution in [0.25, 0.3) is 0 Å². The summed E-state index contributed by atoms with van der Waals surface area (Å²) in [5.41, 5.74) is 1.12. The van der Waals surface area contributed by atoms with Gasteiger partial charge in [0, 0.05) is 32.8 Å². The van der Waals surface area contributed by atoms with E-state index in [1.807, 2.05) is 0 Å². The lowest BCUT2D eigenvalue weighted by Crippen LogP contribution is -2.23. The Hall–Kier alpha value is -1.80. The first kappa shape index (κ1) is 21.2. The molecule has 0 aromatic heterocycles. The van der Waals surface area contributed by atoms with Crippen molar-refractivity contribution in [1.29, 1.82) is 0 Å². The van der Waals surface area contributed by atoms with E-state index in [1.165, 1.54) is 13.2 Å². The third-order valence-corrected chi connectivity index (χ3v) is 4.11. The standard InChI is InChI=1S/C15H23N2O7P/c1-11(23-2)13-9-12(6-7-14(13)17(19)20)10-16-15(18)5-4-8-24-25(3,21)22/h6-7,9,11H,4-5,8,10H2,1-3H3,(H,16,18)(H,21,22). The Morgan fingerprint density at radius 2 is 2.16 bits per heavy atom. The van der Waals surface area contributed by atoms with Gasteiger partial charge in [-0.1, -0.05) is 6.07 Å². The monoisotopic (exact) mass is 374 g/mol. The highest BCUT2D eigenvalue weighted by molar-refractivity contribution is 7.51. The zero-order valence-electron chi connectivity index (χ0n) is 14.4. The molecule has 0 aliphatic heterocycles. The largest absolute Gasteiger partial charge is 0.377 e. The van der Waals surface area contributed by atoms with Crippen LogP contribution in [0.4, 0.5) is 5.69 Å². The second kappa shape index (κ2) is 9.62.